The molecule has 0 bridgehead atoms. The van der Waals surface area contributed by atoms with Gasteiger partial charge in [0.05, 0.1) is 28.0 Å². The molecule has 1 aliphatic heterocycles. The Morgan fingerprint density at radius 2 is 1.78 bits per heavy atom. The van der Waals surface area contributed by atoms with Gasteiger partial charge in [-0.15, -0.1) is 0 Å². The van der Waals surface area contributed by atoms with Crippen LogP contribution >= 0.6 is 0 Å². The van der Waals surface area contributed by atoms with E-state index >= 15 is 0 Å². The summed E-state index contributed by atoms with van der Waals surface area (Å²) in [5.74, 6) is -0.465. The number of nitrogens with two attached hydrogens (primary N) is 3. The number of rotatable bonds is 4. The predicted octanol–water partition coefficient (Wildman–Crippen LogP) is 0.702. The summed E-state index contributed by atoms with van der Waals surface area (Å²) < 4.78 is 31.2. The van der Waals surface area contributed by atoms with Crippen molar-refractivity contribution in [3.63, 3.8) is 0 Å². The Morgan fingerprint density at radius 1 is 1.19 bits per heavy atom. The highest BCUT2D eigenvalue weighted by molar-refractivity contribution is 7.92. The van der Waals surface area contributed by atoms with E-state index in [0.29, 0.717) is 13.1 Å². The van der Waals surface area contributed by atoms with Gasteiger partial charge in [0.25, 0.3) is 0 Å². The molecule has 9 nitrogen and oxygen atoms in total. The van der Waals surface area contributed by atoms with Crippen LogP contribution in [0.5, 0.6) is 0 Å². The highest BCUT2D eigenvalue weighted by Gasteiger charge is 2.26. The van der Waals surface area contributed by atoms with Crippen LogP contribution in [0.25, 0.3) is 0 Å². The summed E-state index contributed by atoms with van der Waals surface area (Å²) in [5, 5.41) is -0.606. The molecule has 1 aromatic rings. The number of guanidine groups is 2. The summed E-state index contributed by atoms with van der Waals surface area (Å²) in [6, 6.07) is 5.02. The number of benzene rings is 1. The van der Waals surface area contributed by atoms with Crippen molar-refractivity contribution in [2.45, 2.75) is 50.0 Å². The quantitative estimate of drug-likeness (QED) is 0.501. The lowest BCUT2D eigenvalue weighted by molar-refractivity contribution is -0.00521. The minimum absolute atomic E-state index is 0.0616. The van der Waals surface area contributed by atoms with Crippen molar-refractivity contribution in [3.8, 4) is 0 Å². The fourth-order valence-electron chi connectivity index (χ4n) is 2.95. The van der Waals surface area contributed by atoms with Gasteiger partial charge in [-0.2, -0.15) is 4.99 Å². The Morgan fingerprint density at radius 3 is 2.30 bits per heavy atom. The molecule has 10 heteroatoms. The first-order valence-corrected chi connectivity index (χ1v) is 10.3. The first kappa shape index (κ1) is 21.0. The van der Waals surface area contributed by atoms with Crippen LogP contribution < -0.4 is 22.1 Å². The molecule has 2 unspecified atom stereocenters. The van der Waals surface area contributed by atoms with Crippen molar-refractivity contribution >= 4 is 33.1 Å². The molecule has 0 amide bonds. The topological polar surface area (TPSA) is 149 Å². The Kier molecular flexibility index (Phi) is 6.32. The second kappa shape index (κ2) is 8.13. The number of nitrogens with zero attached hydrogens (tertiary/aromatic N) is 3. The average molecular weight is 397 g/mol. The van der Waals surface area contributed by atoms with E-state index in [0.717, 1.165) is 5.69 Å². The molecule has 27 heavy (non-hydrogen) atoms. The first-order chi connectivity index (χ1) is 12.5. The molecule has 1 saturated heterocycles. The Bertz CT molecular complexity index is 836. The van der Waals surface area contributed by atoms with E-state index < -0.39 is 15.1 Å². The zero-order valence-corrected chi connectivity index (χ0v) is 16.9. The normalized spacial score (nSPS) is 21.4. The van der Waals surface area contributed by atoms with Gasteiger partial charge in [-0.25, -0.2) is 13.4 Å². The minimum Gasteiger partial charge on any atom is -0.372 e. The summed E-state index contributed by atoms with van der Waals surface area (Å²) in [4.78, 5) is 10.0. The molecule has 1 fully saturated rings. The third-order valence-corrected chi connectivity index (χ3v) is 6.33. The summed E-state index contributed by atoms with van der Waals surface area (Å²) in [7, 11) is -3.57. The lowest BCUT2D eigenvalue weighted by Gasteiger charge is -2.37. The zero-order chi connectivity index (χ0) is 20.4. The lowest BCUT2D eigenvalue weighted by Crippen LogP contribution is -2.45. The monoisotopic (exact) mass is 396 g/mol. The minimum atomic E-state index is -3.57. The largest absolute Gasteiger partial charge is 0.372 e. The van der Waals surface area contributed by atoms with Crippen LogP contribution in [0.2, 0.25) is 0 Å². The third kappa shape index (κ3) is 5.10. The predicted molar refractivity (Wildman–Crippen MR) is 108 cm³/mol. The number of hydrogen-bond donors (Lipinski definition) is 3. The van der Waals surface area contributed by atoms with Crippen molar-refractivity contribution in [3.05, 3.63) is 18.2 Å². The van der Waals surface area contributed by atoms with Crippen molar-refractivity contribution in [1.82, 2.24) is 0 Å². The molecule has 2 atom stereocenters. The van der Waals surface area contributed by atoms with E-state index in [9.17, 15) is 8.42 Å². The molecule has 0 aliphatic carbocycles. The molecular formula is C17H28N6O3S. The van der Waals surface area contributed by atoms with E-state index in [-0.39, 0.29) is 34.7 Å². The molecule has 2 rings (SSSR count). The SMILES string of the molecule is CC1CN(c2ccc(S(=O)(=O)C(C)C)c(N=C(N)N=C(N)N)c2)CC(C)O1. The van der Waals surface area contributed by atoms with Crippen molar-refractivity contribution < 1.29 is 13.2 Å². The molecule has 150 valence electrons. The van der Waals surface area contributed by atoms with Crippen molar-refractivity contribution in [2.75, 3.05) is 18.0 Å². The molecule has 0 aromatic heterocycles. The second-order valence-corrected chi connectivity index (χ2v) is 9.39. The fourth-order valence-corrected chi connectivity index (χ4v) is 4.12. The van der Waals surface area contributed by atoms with Crippen LogP contribution in [0.3, 0.4) is 0 Å². The maximum absolute atomic E-state index is 12.7. The number of hydrogen-bond acceptors (Lipinski definition) is 5. The summed E-state index contributed by atoms with van der Waals surface area (Å²) >= 11 is 0. The summed E-state index contributed by atoms with van der Waals surface area (Å²) in [6.07, 6.45) is 0.123. The van der Waals surface area contributed by atoms with Crippen LogP contribution in [-0.4, -0.2) is 50.9 Å². The van der Waals surface area contributed by atoms with Gasteiger partial charge in [0.15, 0.2) is 15.8 Å². The van der Waals surface area contributed by atoms with Crippen LogP contribution in [-0.2, 0) is 14.6 Å². The molecular weight excluding hydrogens is 368 g/mol. The number of morpholine rings is 1. The maximum atomic E-state index is 12.7. The van der Waals surface area contributed by atoms with Gasteiger partial charge in [0.2, 0.25) is 5.96 Å². The summed E-state index contributed by atoms with van der Waals surface area (Å²) in [5.41, 5.74) is 17.4. The molecule has 0 saturated carbocycles. The number of sulfone groups is 1. The highest BCUT2D eigenvalue weighted by atomic mass is 32.2. The Balaban J connectivity index is 2.56. The van der Waals surface area contributed by atoms with Gasteiger partial charge in [-0.3, -0.25) is 0 Å². The van der Waals surface area contributed by atoms with Crippen LogP contribution in [0.4, 0.5) is 11.4 Å². The van der Waals surface area contributed by atoms with Gasteiger partial charge in [0, 0.05) is 18.8 Å². The van der Waals surface area contributed by atoms with E-state index in [1.165, 1.54) is 0 Å². The van der Waals surface area contributed by atoms with E-state index in [4.69, 9.17) is 21.9 Å². The van der Waals surface area contributed by atoms with Crippen LogP contribution in [0.15, 0.2) is 33.1 Å². The molecule has 0 radical (unpaired) electrons. The van der Waals surface area contributed by atoms with Gasteiger partial charge < -0.3 is 26.8 Å². The number of ether oxygens (including phenoxy) is 1. The highest BCUT2D eigenvalue weighted by Crippen LogP contribution is 2.33. The molecule has 6 N–H and O–H groups in total. The molecule has 1 aromatic carbocycles. The molecule has 1 heterocycles. The van der Waals surface area contributed by atoms with E-state index in [2.05, 4.69) is 14.9 Å². The first-order valence-electron chi connectivity index (χ1n) is 8.73. The molecule has 0 spiro atoms. The van der Waals surface area contributed by atoms with E-state index in [1.807, 2.05) is 13.8 Å². The molecule has 1 aliphatic rings. The third-order valence-electron chi connectivity index (χ3n) is 4.13. The number of aliphatic imine (C=N–C) groups is 2. The Labute approximate surface area is 160 Å². The summed E-state index contributed by atoms with van der Waals surface area (Å²) in [6.45, 7) is 8.59. The second-order valence-electron chi connectivity index (χ2n) is 6.91. The van der Waals surface area contributed by atoms with Gasteiger partial charge >= 0.3 is 0 Å². The number of anilines is 1. The van der Waals surface area contributed by atoms with Crippen molar-refractivity contribution in [2.24, 2.45) is 27.2 Å². The van der Waals surface area contributed by atoms with Gasteiger partial charge in [-0.1, -0.05) is 0 Å². The Hall–Kier alpha value is -2.33. The zero-order valence-electron chi connectivity index (χ0n) is 16.1. The van der Waals surface area contributed by atoms with E-state index in [1.54, 1.807) is 32.0 Å². The standard InChI is InChI=1S/C17H28N6O3S/c1-10(2)27(24,25)15-6-5-13(23-8-11(3)26-12(4)9-23)7-14(15)21-17(20)22-16(18)19/h5-7,10-12H,8-9H2,1-4H3,(H6,18,19,20,21,22). The fraction of sp³-hybridized carbons (Fsp3) is 0.529. The smallest absolute Gasteiger partial charge is 0.223 e. The lowest BCUT2D eigenvalue weighted by atomic mass is 10.2. The van der Waals surface area contributed by atoms with Crippen LogP contribution in [0.1, 0.15) is 27.7 Å². The van der Waals surface area contributed by atoms with Gasteiger partial charge in [-0.05, 0) is 45.9 Å². The van der Waals surface area contributed by atoms with Crippen LogP contribution in [0, 0.1) is 0 Å². The van der Waals surface area contributed by atoms with Crippen molar-refractivity contribution in [1.29, 1.82) is 0 Å². The van der Waals surface area contributed by atoms with Gasteiger partial charge in [0.1, 0.15) is 0 Å². The maximum Gasteiger partial charge on any atom is 0.223 e. The average Bonchev–Trinajstić information content (AvgIpc) is 2.52.